The summed E-state index contributed by atoms with van der Waals surface area (Å²) < 4.78 is 18.1. The number of carbonyl (C=O) groups excluding carboxylic acids is 3. The molecule has 0 heterocycles. The van der Waals surface area contributed by atoms with E-state index in [0.29, 0.717) is 107 Å². The number of anilines is 3. The smallest absolute Gasteiger partial charge is 0.255 e. The second-order valence-electron chi connectivity index (χ2n) is 13.4. The fourth-order valence-electron chi connectivity index (χ4n) is 5.81. The second kappa shape index (κ2) is 21.4. The van der Waals surface area contributed by atoms with Crippen molar-refractivity contribution in [2.45, 2.75) is 0 Å². The van der Waals surface area contributed by atoms with Crippen LogP contribution in [0.4, 0.5) is 17.1 Å². The van der Waals surface area contributed by atoms with Crippen LogP contribution in [-0.4, -0.2) is 62.1 Å². The van der Waals surface area contributed by atoms with E-state index in [2.05, 4.69) is 20.9 Å². The van der Waals surface area contributed by atoms with Gasteiger partial charge in [-0.05, 0) is 146 Å². The minimum Gasteiger partial charge on any atom is -0.492 e. The van der Waals surface area contributed by atoms with E-state index in [0.717, 1.165) is 0 Å². The van der Waals surface area contributed by atoms with Crippen LogP contribution in [0.2, 0.25) is 0 Å². The van der Waals surface area contributed by atoms with Crippen LogP contribution in [0.5, 0.6) is 17.2 Å². The summed E-state index contributed by atoms with van der Waals surface area (Å²) in [5.74, 6) is 1.01. The highest BCUT2D eigenvalue weighted by atomic mass is 16.5. The number of ether oxygens (including phenoxy) is 3. The standard InChI is InChI=1S/C48H39N7O6/c49-31-34-1-7-37(8-2-34)46(56)52-40-13-19-43(20-14-40)59-28-25-55(26-29-60-44-21-15-41(16-22-44)53-47(57)38-9-3-35(32-50)4-10-38)27-30-61-45-23-17-42(18-24-45)54-48(58)39-11-5-36(33-51)6-12-39/h1-24H,25-30H2,(H,52,56)(H,53,57)(H,54,58). The Bertz CT molecular complexity index is 2250. The van der Waals surface area contributed by atoms with Crippen molar-refractivity contribution in [1.82, 2.24) is 4.90 Å². The molecule has 0 fully saturated rings. The van der Waals surface area contributed by atoms with Crippen molar-refractivity contribution in [1.29, 1.82) is 15.8 Å². The third kappa shape index (κ3) is 12.8. The quantitative estimate of drug-likeness (QED) is 0.0770. The normalized spacial score (nSPS) is 10.3. The van der Waals surface area contributed by atoms with Gasteiger partial charge in [0.05, 0.1) is 34.9 Å². The van der Waals surface area contributed by atoms with Crippen LogP contribution in [-0.2, 0) is 0 Å². The Hall–Kier alpha value is -8.44. The average Bonchev–Trinajstić information content (AvgIpc) is 3.30. The molecule has 0 radical (unpaired) electrons. The third-order valence-corrected chi connectivity index (χ3v) is 9.19. The summed E-state index contributed by atoms with van der Waals surface area (Å²) in [6.07, 6.45) is 0. The maximum Gasteiger partial charge on any atom is 0.255 e. The van der Waals surface area contributed by atoms with Gasteiger partial charge in [-0.1, -0.05) is 0 Å². The van der Waals surface area contributed by atoms with Crippen molar-refractivity contribution < 1.29 is 28.6 Å². The molecule has 0 aliphatic rings. The van der Waals surface area contributed by atoms with Crippen molar-refractivity contribution in [2.24, 2.45) is 0 Å². The SMILES string of the molecule is N#Cc1ccc(C(=O)Nc2ccc(OCCN(CCOc3ccc(NC(=O)c4ccc(C#N)cc4)cc3)CCOc3ccc(NC(=O)c4ccc(C#N)cc4)cc3)cc2)cc1. The van der Waals surface area contributed by atoms with E-state index in [9.17, 15) is 14.4 Å². The van der Waals surface area contributed by atoms with Gasteiger partial charge in [0.15, 0.2) is 0 Å². The largest absolute Gasteiger partial charge is 0.492 e. The fourth-order valence-corrected chi connectivity index (χ4v) is 5.81. The monoisotopic (exact) mass is 809 g/mol. The van der Waals surface area contributed by atoms with Gasteiger partial charge < -0.3 is 30.2 Å². The molecule has 13 nitrogen and oxygen atoms in total. The Labute approximate surface area is 353 Å². The molecule has 6 aromatic carbocycles. The van der Waals surface area contributed by atoms with Gasteiger partial charge in [-0.3, -0.25) is 19.3 Å². The Morgan fingerprint density at radius 2 is 0.639 bits per heavy atom. The number of rotatable bonds is 18. The molecule has 13 heteroatoms. The predicted octanol–water partition coefficient (Wildman–Crippen LogP) is 7.90. The Morgan fingerprint density at radius 1 is 0.393 bits per heavy atom. The van der Waals surface area contributed by atoms with Gasteiger partial charge in [-0.25, -0.2) is 0 Å². The van der Waals surface area contributed by atoms with Crippen LogP contribution >= 0.6 is 0 Å². The highest BCUT2D eigenvalue weighted by Gasteiger charge is 2.11. The second-order valence-corrected chi connectivity index (χ2v) is 13.4. The molecule has 0 saturated carbocycles. The van der Waals surface area contributed by atoms with E-state index < -0.39 is 0 Å². The van der Waals surface area contributed by atoms with Crippen molar-refractivity contribution in [2.75, 3.05) is 55.4 Å². The zero-order valence-corrected chi connectivity index (χ0v) is 32.8. The number of nitrogens with one attached hydrogen (secondary N) is 3. The molecule has 3 amide bonds. The van der Waals surface area contributed by atoms with Gasteiger partial charge in [0.1, 0.15) is 37.1 Å². The summed E-state index contributed by atoms with van der Waals surface area (Å²) in [5.41, 5.74) is 4.54. The minimum atomic E-state index is -0.289. The molecule has 6 rings (SSSR count). The first kappa shape index (κ1) is 42.2. The van der Waals surface area contributed by atoms with Crippen LogP contribution in [0.25, 0.3) is 0 Å². The first-order chi connectivity index (χ1) is 29.8. The molecule has 0 unspecified atom stereocenters. The van der Waals surface area contributed by atoms with Crippen molar-refractivity contribution in [3.05, 3.63) is 179 Å². The Balaban J connectivity index is 0.999. The zero-order valence-electron chi connectivity index (χ0n) is 32.8. The zero-order chi connectivity index (χ0) is 42.8. The summed E-state index contributed by atoms with van der Waals surface area (Å²) in [7, 11) is 0. The topological polar surface area (TPSA) is 190 Å². The number of nitrogens with zero attached hydrogens (tertiary/aromatic N) is 4. The van der Waals surface area contributed by atoms with E-state index in [1.165, 1.54) is 0 Å². The first-order valence-corrected chi connectivity index (χ1v) is 19.1. The van der Waals surface area contributed by atoms with E-state index in [-0.39, 0.29) is 17.7 Å². The summed E-state index contributed by atoms with van der Waals surface area (Å²) in [6.45, 7) is 2.72. The van der Waals surface area contributed by atoms with Crippen LogP contribution < -0.4 is 30.2 Å². The van der Waals surface area contributed by atoms with Gasteiger partial charge >= 0.3 is 0 Å². The molecule has 0 aliphatic heterocycles. The highest BCUT2D eigenvalue weighted by molar-refractivity contribution is 6.05. The van der Waals surface area contributed by atoms with Gasteiger partial charge in [0, 0.05) is 53.4 Å². The molecule has 6 aromatic rings. The van der Waals surface area contributed by atoms with E-state index in [1.807, 2.05) is 18.2 Å². The molecular formula is C48H39N7O6. The van der Waals surface area contributed by atoms with Crippen molar-refractivity contribution >= 4 is 34.8 Å². The summed E-state index contributed by atoms with van der Waals surface area (Å²) >= 11 is 0. The number of nitriles is 3. The molecule has 0 spiro atoms. The maximum absolute atomic E-state index is 12.6. The van der Waals surface area contributed by atoms with Gasteiger partial charge in [0.2, 0.25) is 0 Å². The number of hydrogen-bond donors (Lipinski definition) is 3. The Kier molecular flexibility index (Phi) is 14.8. The molecule has 302 valence electrons. The lowest BCUT2D eigenvalue weighted by atomic mass is 10.1. The number of hydrogen-bond acceptors (Lipinski definition) is 10. The highest BCUT2D eigenvalue weighted by Crippen LogP contribution is 2.20. The molecule has 0 bridgehead atoms. The molecule has 3 N–H and O–H groups in total. The summed E-state index contributed by atoms with van der Waals surface area (Å²) in [5, 5.41) is 35.5. The molecule has 61 heavy (non-hydrogen) atoms. The lowest BCUT2D eigenvalue weighted by molar-refractivity contribution is 0.101. The van der Waals surface area contributed by atoms with E-state index in [4.69, 9.17) is 30.0 Å². The first-order valence-electron chi connectivity index (χ1n) is 19.1. The lowest BCUT2D eigenvalue weighted by Gasteiger charge is -2.23. The van der Waals surface area contributed by atoms with Gasteiger partial charge in [0.25, 0.3) is 17.7 Å². The molecule has 0 saturated heterocycles. The minimum absolute atomic E-state index is 0.289. The van der Waals surface area contributed by atoms with Crippen molar-refractivity contribution in [3.63, 3.8) is 0 Å². The van der Waals surface area contributed by atoms with Gasteiger partial charge in [-0.2, -0.15) is 15.8 Å². The third-order valence-electron chi connectivity index (χ3n) is 9.19. The van der Waals surface area contributed by atoms with Crippen LogP contribution in [0.1, 0.15) is 47.8 Å². The predicted molar refractivity (Wildman–Crippen MR) is 230 cm³/mol. The van der Waals surface area contributed by atoms with Crippen LogP contribution in [0.3, 0.4) is 0 Å². The average molecular weight is 810 g/mol. The molecule has 0 atom stereocenters. The van der Waals surface area contributed by atoms with Crippen LogP contribution in [0.15, 0.2) is 146 Å². The maximum atomic E-state index is 12.6. The number of amides is 3. The Morgan fingerprint density at radius 3 is 0.869 bits per heavy atom. The summed E-state index contributed by atoms with van der Waals surface area (Å²) in [6, 6.07) is 46.5. The molecule has 0 aliphatic carbocycles. The lowest BCUT2D eigenvalue weighted by Crippen LogP contribution is -2.35. The number of benzene rings is 6. The fraction of sp³-hybridized carbons (Fsp3) is 0.125. The summed E-state index contributed by atoms with van der Waals surface area (Å²) in [4.78, 5) is 40.1. The van der Waals surface area contributed by atoms with E-state index >= 15 is 0 Å². The van der Waals surface area contributed by atoms with E-state index in [1.54, 1.807) is 146 Å². The van der Waals surface area contributed by atoms with Crippen LogP contribution in [0, 0.1) is 34.0 Å². The molecule has 0 aromatic heterocycles. The van der Waals surface area contributed by atoms with Gasteiger partial charge in [-0.15, -0.1) is 0 Å². The van der Waals surface area contributed by atoms with Crippen molar-refractivity contribution in [3.8, 4) is 35.5 Å². The molecular weight excluding hydrogens is 771 g/mol. The number of carbonyl (C=O) groups is 3.